The number of carbonyl (C=O) groups is 2. The Balaban J connectivity index is 1.27. The quantitative estimate of drug-likeness (QED) is 0.297. The summed E-state index contributed by atoms with van der Waals surface area (Å²) >= 11 is 1.37. The highest BCUT2D eigenvalue weighted by atomic mass is 32.1. The topological polar surface area (TPSA) is 112 Å². The molecule has 184 valence electrons. The minimum Gasteiger partial charge on any atom is -0.465 e. The van der Waals surface area contributed by atoms with Gasteiger partial charge in [-0.25, -0.2) is 14.8 Å². The van der Waals surface area contributed by atoms with E-state index in [1.165, 1.54) is 23.6 Å². The number of hydrogen-bond donors (Lipinski definition) is 3. The van der Waals surface area contributed by atoms with Gasteiger partial charge in [-0.2, -0.15) is 4.39 Å². The van der Waals surface area contributed by atoms with Crippen LogP contribution in [0.3, 0.4) is 0 Å². The van der Waals surface area contributed by atoms with Crippen LogP contribution in [0.15, 0.2) is 66.3 Å². The Morgan fingerprint density at radius 1 is 1.17 bits per heavy atom. The Morgan fingerprint density at radius 3 is 2.78 bits per heavy atom. The molecule has 1 fully saturated rings. The Hall–Kier alpha value is -4.25. The molecule has 0 bridgehead atoms. The highest BCUT2D eigenvalue weighted by Crippen LogP contribution is 2.37. The summed E-state index contributed by atoms with van der Waals surface area (Å²) in [6.45, 7) is 1.20. The summed E-state index contributed by atoms with van der Waals surface area (Å²) in [5, 5.41) is 16.6. The van der Waals surface area contributed by atoms with Crippen molar-refractivity contribution in [3.05, 3.63) is 89.2 Å². The summed E-state index contributed by atoms with van der Waals surface area (Å²) in [4.78, 5) is 34.3. The van der Waals surface area contributed by atoms with Crippen LogP contribution in [-0.2, 0) is 6.54 Å². The molecular formula is C25H23FN6O3S. The van der Waals surface area contributed by atoms with Gasteiger partial charge >= 0.3 is 6.09 Å². The zero-order chi connectivity index (χ0) is 25.1. The number of carbonyl (C=O) groups excluding carboxylic acids is 1. The first-order valence-corrected chi connectivity index (χ1v) is 12.2. The molecule has 11 heteroatoms. The van der Waals surface area contributed by atoms with E-state index in [-0.39, 0.29) is 11.9 Å². The van der Waals surface area contributed by atoms with E-state index in [2.05, 4.69) is 25.5 Å². The number of anilines is 3. The standard InChI is InChI=1S/C25H23FN6O3S/c26-22-13-16(9-10-27-22)14-31-11-1-4-21(31)23(33)30-24-29-19(15-36-24)20-3-2-12-32(20)18-7-5-17(6-8-18)28-25(34)35/h1,4-11,13,15,20,28H,2-3,12,14H2,(H,34,35)(H,29,30,33)/t20-/m1/s1. The number of halogens is 1. The molecule has 2 amide bonds. The van der Waals surface area contributed by atoms with Gasteiger partial charge in [-0.3, -0.25) is 15.4 Å². The number of nitrogens with one attached hydrogen (secondary N) is 2. The van der Waals surface area contributed by atoms with Gasteiger partial charge in [-0.05, 0) is 66.9 Å². The molecule has 1 saturated heterocycles. The van der Waals surface area contributed by atoms with Crippen LogP contribution < -0.4 is 15.5 Å². The van der Waals surface area contributed by atoms with E-state index < -0.39 is 12.0 Å². The van der Waals surface area contributed by atoms with Crippen LogP contribution in [-0.4, -0.2) is 38.2 Å². The third-order valence-electron chi connectivity index (χ3n) is 5.99. The molecular weight excluding hydrogens is 483 g/mol. The SMILES string of the molecule is O=C(O)Nc1ccc(N2CCC[C@@H]2c2csc(NC(=O)c3cccn3Cc3ccnc(F)c3)n2)cc1. The van der Waals surface area contributed by atoms with Gasteiger partial charge in [0.2, 0.25) is 5.95 Å². The number of aromatic nitrogens is 3. The molecule has 3 aromatic heterocycles. The molecule has 5 rings (SSSR count). The van der Waals surface area contributed by atoms with Gasteiger partial charge in [0.1, 0.15) is 5.69 Å². The summed E-state index contributed by atoms with van der Waals surface area (Å²) in [7, 11) is 0. The number of thiazole rings is 1. The Morgan fingerprint density at radius 2 is 2.00 bits per heavy atom. The van der Waals surface area contributed by atoms with Crippen LogP contribution in [0.25, 0.3) is 0 Å². The second kappa shape index (κ2) is 10.2. The van der Waals surface area contributed by atoms with Crippen molar-refractivity contribution in [3.8, 4) is 0 Å². The monoisotopic (exact) mass is 506 g/mol. The van der Waals surface area contributed by atoms with Crippen molar-refractivity contribution in [1.29, 1.82) is 0 Å². The average molecular weight is 507 g/mol. The zero-order valence-electron chi connectivity index (χ0n) is 19.1. The van der Waals surface area contributed by atoms with Crippen LogP contribution in [0.5, 0.6) is 0 Å². The summed E-state index contributed by atoms with van der Waals surface area (Å²) < 4.78 is 15.2. The molecule has 1 aromatic carbocycles. The second-order valence-electron chi connectivity index (χ2n) is 8.37. The van der Waals surface area contributed by atoms with Gasteiger partial charge in [-0.1, -0.05) is 0 Å². The predicted molar refractivity (Wildman–Crippen MR) is 135 cm³/mol. The minimum atomic E-state index is -1.10. The Bertz CT molecular complexity index is 1390. The molecule has 4 heterocycles. The lowest BCUT2D eigenvalue weighted by atomic mass is 10.1. The molecule has 0 radical (unpaired) electrons. The van der Waals surface area contributed by atoms with Crippen molar-refractivity contribution in [2.45, 2.75) is 25.4 Å². The van der Waals surface area contributed by atoms with Crippen LogP contribution >= 0.6 is 11.3 Å². The average Bonchev–Trinajstić information content (AvgIpc) is 3.60. The maximum absolute atomic E-state index is 13.4. The lowest BCUT2D eigenvalue weighted by Gasteiger charge is -2.25. The molecule has 3 N–H and O–H groups in total. The maximum atomic E-state index is 13.4. The minimum absolute atomic E-state index is 0.0654. The van der Waals surface area contributed by atoms with Crippen LogP contribution in [0.1, 0.15) is 40.6 Å². The van der Waals surface area contributed by atoms with Crippen molar-refractivity contribution < 1.29 is 19.1 Å². The molecule has 0 aliphatic carbocycles. The molecule has 1 aliphatic heterocycles. The van der Waals surface area contributed by atoms with Crippen LogP contribution in [0.4, 0.5) is 25.7 Å². The number of pyridine rings is 1. The Kier molecular flexibility index (Phi) is 6.63. The number of benzene rings is 1. The van der Waals surface area contributed by atoms with Gasteiger partial charge in [0.25, 0.3) is 5.91 Å². The lowest BCUT2D eigenvalue weighted by Crippen LogP contribution is -2.23. The fraction of sp³-hybridized carbons (Fsp3) is 0.200. The molecule has 1 atom stereocenters. The first-order chi connectivity index (χ1) is 17.5. The molecule has 0 unspecified atom stereocenters. The van der Waals surface area contributed by atoms with E-state index >= 15 is 0 Å². The maximum Gasteiger partial charge on any atom is 0.409 e. The van der Waals surface area contributed by atoms with E-state index in [9.17, 15) is 14.0 Å². The predicted octanol–water partition coefficient (Wildman–Crippen LogP) is 5.21. The fourth-order valence-electron chi connectivity index (χ4n) is 4.40. The van der Waals surface area contributed by atoms with Crippen molar-refractivity contribution in [2.24, 2.45) is 0 Å². The molecule has 9 nitrogen and oxygen atoms in total. The highest BCUT2D eigenvalue weighted by molar-refractivity contribution is 7.14. The normalized spacial score (nSPS) is 15.1. The highest BCUT2D eigenvalue weighted by Gasteiger charge is 2.28. The fourth-order valence-corrected chi connectivity index (χ4v) is 5.15. The summed E-state index contributed by atoms with van der Waals surface area (Å²) in [5.41, 5.74) is 3.53. The van der Waals surface area contributed by atoms with E-state index in [1.807, 2.05) is 17.5 Å². The van der Waals surface area contributed by atoms with Gasteiger partial charge in [-0.15, -0.1) is 11.3 Å². The van der Waals surface area contributed by atoms with Crippen molar-refractivity contribution in [3.63, 3.8) is 0 Å². The van der Waals surface area contributed by atoms with E-state index in [1.54, 1.807) is 41.1 Å². The largest absolute Gasteiger partial charge is 0.465 e. The van der Waals surface area contributed by atoms with Crippen molar-refractivity contribution in [2.75, 3.05) is 22.1 Å². The van der Waals surface area contributed by atoms with E-state index in [4.69, 9.17) is 5.11 Å². The van der Waals surface area contributed by atoms with Crippen LogP contribution in [0.2, 0.25) is 0 Å². The van der Waals surface area contributed by atoms with Crippen molar-refractivity contribution in [1.82, 2.24) is 14.5 Å². The summed E-state index contributed by atoms with van der Waals surface area (Å²) in [6, 6.07) is 13.9. The lowest BCUT2D eigenvalue weighted by molar-refractivity contribution is 0.101. The first-order valence-electron chi connectivity index (χ1n) is 11.4. The number of nitrogens with zero attached hydrogens (tertiary/aromatic N) is 4. The second-order valence-corrected chi connectivity index (χ2v) is 9.23. The van der Waals surface area contributed by atoms with E-state index in [0.717, 1.165) is 30.8 Å². The first kappa shape index (κ1) is 23.5. The Labute approximate surface area is 210 Å². The number of rotatable bonds is 7. The zero-order valence-corrected chi connectivity index (χ0v) is 19.9. The molecule has 4 aromatic rings. The summed E-state index contributed by atoms with van der Waals surface area (Å²) in [6.07, 6.45) is 4.00. The van der Waals surface area contributed by atoms with Gasteiger partial charge in [0.05, 0.1) is 11.7 Å². The molecule has 1 aliphatic rings. The molecule has 36 heavy (non-hydrogen) atoms. The van der Waals surface area contributed by atoms with E-state index in [0.29, 0.717) is 28.6 Å². The van der Waals surface area contributed by atoms with Gasteiger partial charge in [0.15, 0.2) is 5.13 Å². The number of carboxylic acid groups (broad SMARTS) is 1. The van der Waals surface area contributed by atoms with Crippen molar-refractivity contribution >= 4 is 39.8 Å². The third-order valence-corrected chi connectivity index (χ3v) is 6.77. The van der Waals surface area contributed by atoms with Gasteiger partial charge in [0, 0.05) is 42.2 Å². The summed E-state index contributed by atoms with van der Waals surface area (Å²) in [5.74, 6) is -0.852. The molecule has 0 saturated carbocycles. The van der Waals surface area contributed by atoms with Gasteiger partial charge < -0.3 is 14.6 Å². The number of hydrogen-bond acceptors (Lipinski definition) is 6. The smallest absolute Gasteiger partial charge is 0.409 e. The third kappa shape index (κ3) is 5.20. The van der Waals surface area contributed by atoms with Crippen LogP contribution in [0, 0.1) is 5.95 Å². The number of amides is 2. The molecule has 0 spiro atoms.